The molecule has 28 heavy (non-hydrogen) atoms. The molecular formula is C23H24N2O3. The molecule has 0 aromatic heterocycles. The Balaban J connectivity index is 1.47. The maximum atomic E-state index is 12.5. The van der Waals surface area contributed by atoms with Gasteiger partial charge < -0.3 is 15.0 Å². The quantitative estimate of drug-likeness (QED) is 0.756. The molecule has 1 N–H and O–H groups in total. The van der Waals surface area contributed by atoms with Crippen molar-refractivity contribution in [2.45, 2.75) is 19.8 Å². The first-order chi connectivity index (χ1) is 13.6. The average Bonchev–Trinajstić information content (AvgIpc) is 3.09. The van der Waals surface area contributed by atoms with Crippen LogP contribution in [0, 0.1) is 25.2 Å². The molecule has 2 amide bonds. The summed E-state index contributed by atoms with van der Waals surface area (Å²) in [5.74, 6) is 2.76. The molecule has 0 bridgehead atoms. The topological polar surface area (TPSA) is 58.6 Å². The number of anilines is 1. The molecule has 2 aromatic rings. The highest BCUT2D eigenvalue weighted by Gasteiger charge is 2.34. The van der Waals surface area contributed by atoms with Gasteiger partial charge >= 0.3 is 0 Å². The lowest BCUT2D eigenvalue weighted by Gasteiger charge is -2.17. The van der Waals surface area contributed by atoms with Crippen LogP contribution in [0.5, 0.6) is 5.75 Å². The van der Waals surface area contributed by atoms with Crippen molar-refractivity contribution in [1.82, 2.24) is 5.32 Å². The zero-order valence-electron chi connectivity index (χ0n) is 16.0. The largest absolute Gasteiger partial charge is 0.481 e. The molecule has 0 aliphatic carbocycles. The summed E-state index contributed by atoms with van der Waals surface area (Å²) in [5.41, 5.74) is 3.08. The van der Waals surface area contributed by atoms with E-state index in [-0.39, 0.29) is 30.8 Å². The van der Waals surface area contributed by atoms with Crippen molar-refractivity contribution in [3.05, 3.63) is 59.7 Å². The minimum absolute atomic E-state index is 0.00781. The zero-order valence-corrected chi connectivity index (χ0v) is 16.0. The van der Waals surface area contributed by atoms with Crippen molar-refractivity contribution in [2.75, 3.05) is 24.6 Å². The highest BCUT2D eigenvalue weighted by Crippen LogP contribution is 2.25. The second kappa shape index (κ2) is 9.09. The number of hydrogen-bond donors (Lipinski definition) is 1. The molecule has 144 valence electrons. The molecule has 1 heterocycles. The van der Waals surface area contributed by atoms with Crippen LogP contribution in [0.1, 0.15) is 17.5 Å². The van der Waals surface area contributed by atoms with E-state index < -0.39 is 0 Å². The first kappa shape index (κ1) is 19.5. The molecule has 1 atom stereocenters. The van der Waals surface area contributed by atoms with Gasteiger partial charge in [-0.2, -0.15) is 0 Å². The number of benzene rings is 2. The van der Waals surface area contributed by atoms with Crippen LogP contribution in [0.15, 0.2) is 48.5 Å². The summed E-state index contributed by atoms with van der Waals surface area (Å²) in [6.45, 7) is 3.20. The molecule has 0 unspecified atom stereocenters. The predicted molar refractivity (Wildman–Crippen MR) is 109 cm³/mol. The van der Waals surface area contributed by atoms with Gasteiger partial charge in [-0.3, -0.25) is 9.59 Å². The van der Waals surface area contributed by atoms with E-state index in [0.717, 1.165) is 22.6 Å². The van der Waals surface area contributed by atoms with E-state index in [4.69, 9.17) is 11.2 Å². The van der Waals surface area contributed by atoms with Crippen LogP contribution >= 0.6 is 0 Å². The van der Waals surface area contributed by atoms with Crippen LogP contribution in [0.25, 0.3) is 0 Å². The summed E-state index contributed by atoms with van der Waals surface area (Å²) in [6, 6.07) is 15.4. The minimum atomic E-state index is -0.312. The third kappa shape index (κ3) is 4.92. The van der Waals surface area contributed by atoms with Crippen LogP contribution in [0.3, 0.4) is 0 Å². The monoisotopic (exact) mass is 376 g/mol. The lowest BCUT2D eigenvalue weighted by Crippen LogP contribution is -2.34. The number of carbonyl (C=O) groups is 2. The minimum Gasteiger partial charge on any atom is -0.481 e. The summed E-state index contributed by atoms with van der Waals surface area (Å²) >= 11 is 0. The number of rotatable bonds is 7. The van der Waals surface area contributed by atoms with Crippen LogP contribution < -0.4 is 15.0 Å². The van der Waals surface area contributed by atoms with Gasteiger partial charge in [-0.25, -0.2) is 0 Å². The molecule has 5 nitrogen and oxygen atoms in total. The summed E-state index contributed by atoms with van der Waals surface area (Å²) in [5, 5.41) is 2.95. The second-order valence-corrected chi connectivity index (χ2v) is 6.92. The van der Waals surface area contributed by atoms with E-state index in [0.29, 0.717) is 19.5 Å². The molecule has 2 aromatic carbocycles. The van der Waals surface area contributed by atoms with Crippen LogP contribution in [-0.2, 0) is 16.0 Å². The van der Waals surface area contributed by atoms with Crippen molar-refractivity contribution in [1.29, 1.82) is 0 Å². The molecule has 0 saturated carbocycles. The first-order valence-electron chi connectivity index (χ1n) is 9.37. The lowest BCUT2D eigenvalue weighted by atomic mass is 10.1. The van der Waals surface area contributed by atoms with E-state index in [1.807, 2.05) is 55.5 Å². The second-order valence-electron chi connectivity index (χ2n) is 6.92. The Hall–Kier alpha value is -3.26. The highest BCUT2D eigenvalue weighted by atomic mass is 16.5. The third-order valence-electron chi connectivity index (χ3n) is 4.80. The van der Waals surface area contributed by atoms with Gasteiger partial charge in [-0.1, -0.05) is 35.7 Å². The SMILES string of the molecule is C#CCOc1ccc(CCNC(=O)[C@@H]2CC(=O)N(c3ccc(C)cc3)C2)cc1. The smallest absolute Gasteiger partial charge is 0.227 e. The Morgan fingerprint density at radius 2 is 1.93 bits per heavy atom. The van der Waals surface area contributed by atoms with E-state index in [1.165, 1.54) is 0 Å². The fraction of sp³-hybridized carbons (Fsp3) is 0.304. The average molecular weight is 376 g/mol. The van der Waals surface area contributed by atoms with Crippen LogP contribution in [-0.4, -0.2) is 31.5 Å². The van der Waals surface area contributed by atoms with Gasteiger partial charge in [0.1, 0.15) is 12.4 Å². The number of terminal acetylenes is 1. The van der Waals surface area contributed by atoms with Crippen molar-refractivity contribution in [3.63, 3.8) is 0 Å². The maximum absolute atomic E-state index is 12.5. The molecule has 1 saturated heterocycles. The first-order valence-corrected chi connectivity index (χ1v) is 9.37. The van der Waals surface area contributed by atoms with Gasteiger partial charge in [0.2, 0.25) is 11.8 Å². The van der Waals surface area contributed by atoms with Crippen molar-refractivity contribution >= 4 is 17.5 Å². The van der Waals surface area contributed by atoms with Crippen molar-refractivity contribution in [2.24, 2.45) is 5.92 Å². The van der Waals surface area contributed by atoms with Crippen molar-refractivity contribution < 1.29 is 14.3 Å². The number of ether oxygens (including phenoxy) is 1. The fourth-order valence-corrected chi connectivity index (χ4v) is 3.21. The molecular weight excluding hydrogens is 352 g/mol. The van der Waals surface area contributed by atoms with E-state index in [1.54, 1.807) is 4.90 Å². The molecule has 3 rings (SSSR count). The maximum Gasteiger partial charge on any atom is 0.227 e. The predicted octanol–water partition coefficient (Wildman–Crippen LogP) is 2.72. The van der Waals surface area contributed by atoms with E-state index in [9.17, 15) is 9.59 Å². The Bertz CT molecular complexity index is 866. The van der Waals surface area contributed by atoms with Crippen LogP contribution in [0.4, 0.5) is 5.69 Å². The van der Waals surface area contributed by atoms with Gasteiger partial charge in [0.15, 0.2) is 0 Å². The number of nitrogens with one attached hydrogen (secondary N) is 1. The van der Waals surface area contributed by atoms with Crippen molar-refractivity contribution in [3.8, 4) is 18.1 Å². The Morgan fingerprint density at radius 1 is 1.21 bits per heavy atom. The zero-order chi connectivity index (χ0) is 19.9. The Labute approximate surface area is 165 Å². The van der Waals surface area contributed by atoms with Gasteiger partial charge in [0, 0.05) is 25.2 Å². The normalized spacial score (nSPS) is 15.9. The summed E-state index contributed by atoms with van der Waals surface area (Å²) < 4.78 is 5.34. The highest BCUT2D eigenvalue weighted by molar-refractivity contribution is 6.00. The Kier molecular flexibility index (Phi) is 6.33. The summed E-state index contributed by atoms with van der Waals surface area (Å²) in [6.07, 6.45) is 6.13. The van der Waals surface area contributed by atoms with Gasteiger partial charge in [0.05, 0.1) is 5.92 Å². The molecule has 0 spiro atoms. The number of nitrogens with zero attached hydrogens (tertiary/aromatic N) is 1. The molecule has 1 aliphatic rings. The number of aryl methyl sites for hydroxylation is 1. The van der Waals surface area contributed by atoms with Gasteiger partial charge in [-0.05, 0) is 43.2 Å². The standard InChI is InChI=1S/C23H24N2O3/c1-3-14-28-21-10-6-18(7-11-21)12-13-24-23(27)19-15-22(26)25(16-19)20-8-4-17(2)5-9-20/h1,4-11,19H,12-16H2,2H3,(H,24,27)/t19-/m1/s1. The van der Waals surface area contributed by atoms with Gasteiger partial charge in [-0.15, -0.1) is 6.42 Å². The molecule has 1 fully saturated rings. The molecule has 0 radical (unpaired) electrons. The van der Waals surface area contributed by atoms with Crippen LogP contribution in [0.2, 0.25) is 0 Å². The van der Waals surface area contributed by atoms with Gasteiger partial charge in [0.25, 0.3) is 0 Å². The summed E-state index contributed by atoms with van der Waals surface area (Å²) in [7, 11) is 0. The number of hydrogen-bond acceptors (Lipinski definition) is 3. The fourth-order valence-electron chi connectivity index (χ4n) is 3.21. The van der Waals surface area contributed by atoms with E-state index >= 15 is 0 Å². The number of amides is 2. The van der Waals surface area contributed by atoms with E-state index in [2.05, 4.69) is 11.2 Å². The summed E-state index contributed by atoms with van der Waals surface area (Å²) in [4.78, 5) is 26.4. The Morgan fingerprint density at radius 3 is 2.61 bits per heavy atom. The molecule has 5 heteroatoms. The lowest BCUT2D eigenvalue weighted by molar-refractivity contribution is -0.126. The number of carbonyl (C=O) groups excluding carboxylic acids is 2. The molecule has 1 aliphatic heterocycles. The third-order valence-corrected chi connectivity index (χ3v) is 4.80.